The van der Waals surface area contributed by atoms with Crippen molar-refractivity contribution >= 4 is 17.5 Å². The molecular formula is C31H30N2O5. The maximum absolute atomic E-state index is 13.1. The molecule has 2 unspecified atom stereocenters. The molecule has 0 aliphatic heterocycles. The van der Waals surface area contributed by atoms with Gasteiger partial charge in [0.25, 0.3) is 0 Å². The van der Waals surface area contributed by atoms with Gasteiger partial charge in [-0.25, -0.2) is 0 Å². The van der Waals surface area contributed by atoms with Crippen molar-refractivity contribution < 1.29 is 24.2 Å². The van der Waals surface area contributed by atoms with Gasteiger partial charge in [-0.05, 0) is 47.5 Å². The Morgan fingerprint density at radius 1 is 0.737 bits per heavy atom. The van der Waals surface area contributed by atoms with Gasteiger partial charge in [0.15, 0.2) is 0 Å². The van der Waals surface area contributed by atoms with E-state index >= 15 is 0 Å². The lowest BCUT2D eigenvalue weighted by molar-refractivity contribution is -0.129. The molecule has 2 atom stereocenters. The molecule has 194 valence electrons. The van der Waals surface area contributed by atoms with Crippen molar-refractivity contribution in [2.45, 2.75) is 25.2 Å². The predicted octanol–water partition coefficient (Wildman–Crippen LogP) is 5.24. The lowest BCUT2D eigenvalue weighted by atomic mass is 10.1. The van der Waals surface area contributed by atoms with E-state index in [-0.39, 0.29) is 13.0 Å². The SMILES string of the molecule is O=C(CC(O)c1ccccc1)NC(COCc1ccccc1)C(=O)Nc1ccc(Oc2ccccc2)cc1. The third-order valence-electron chi connectivity index (χ3n) is 5.71. The number of ether oxygens (including phenoxy) is 2. The first-order chi connectivity index (χ1) is 18.6. The second-order valence-corrected chi connectivity index (χ2v) is 8.68. The average Bonchev–Trinajstić information content (AvgIpc) is 2.95. The lowest BCUT2D eigenvalue weighted by Gasteiger charge is -2.20. The number of hydrogen-bond acceptors (Lipinski definition) is 5. The summed E-state index contributed by atoms with van der Waals surface area (Å²) in [5.41, 5.74) is 2.12. The molecule has 0 bridgehead atoms. The molecular weight excluding hydrogens is 480 g/mol. The Balaban J connectivity index is 1.37. The second kappa shape index (κ2) is 13.7. The van der Waals surface area contributed by atoms with Crippen LogP contribution in [-0.4, -0.2) is 29.6 Å². The van der Waals surface area contributed by atoms with E-state index in [1.165, 1.54) is 0 Å². The van der Waals surface area contributed by atoms with Crippen LogP contribution in [0, 0.1) is 0 Å². The Kier molecular flexibility index (Phi) is 9.62. The van der Waals surface area contributed by atoms with Crippen LogP contribution in [0.1, 0.15) is 23.7 Å². The Hall–Kier alpha value is -4.46. The predicted molar refractivity (Wildman–Crippen MR) is 146 cm³/mol. The molecule has 4 aromatic carbocycles. The molecule has 4 rings (SSSR count). The van der Waals surface area contributed by atoms with Gasteiger partial charge in [-0.2, -0.15) is 0 Å². The normalized spacial score (nSPS) is 12.2. The third kappa shape index (κ3) is 8.30. The van der Waals surface area contributed by atoms with Crippen LogP contribution < -0.4 is 15.4 Å². The monoisotopic (exact) mass is 510 g/mol. The van der Waals surface area contributed by atoms with Crippen molar-refractivity contribution in [3.63, 3.8) is 0 Å². The van der Waals surface area contributed by atoms with Gasteiger partial charge in [0, 0.05) is 5.69 Å². The first-order valence-corrected chi connectivity index (χ1v) is 12.3. The highest BCUT2D eigenvalue weighted by Crippen LogP contribution is 2.23. The molecule has 4 aromatic rings. The maximum Gasteiger partial charge on any atom is 0.249 e. The summed E-state index contributed by atoms with van der Waals surface area (Å²) in [4.78, 5) is 25.8. The molecule has 0 spiro atoms. The summed E-state index contributed by atoms with van der Waals surface area (Å²) in [5.74, 6) is 0.439. The summed E-state index contributed by atoms with van der Waals surface area (Å²) >= 11 is 0. The van der Waals surface area contributed by atoms with Crippen molar-refractivity contribution in [3.05, 3.63) is 126 Å². The summed E-state index contributed by atoms with van der Waals surface area (Å²) in [5, 5.41) is 16.0. The molecule has 7 heteroatoms. The summed E-state index contributed by atoms with van der Waals surface area (Å²) in [7, 11) is 0. The number of anilines is 1. The smallest absolute Gasteiger partial charge is 0.249 e. The lowest BCUT2D eigenvalue weighted by Crippen LogP contribution is -2.47. The minimum Gasteiger partial charge on any atom is -0.457 e. The van der Waals surface area contributed by atoms with E-state index in [9.17, 15) is 14.7 Å². The van der Waals surface area contributed by atoms with E-state index in [2.05, 4.69) is 10.6 Å². The number of carbonyl (C=O) groups is 2. The van der Waals surface area contributed by atoms with Gasteiger partial charge in [-0.1, -0.05) is 78.9 Å². The molecule has 3 N–H and O–H groups in total. The number of aliphatic hydroxyl groups is 1. The van der Waals surface area contributed by atoms with Crippen LogP contribution in [0.5, 0.6) is 11.5 Å². The number of carbonyl (C=O) groups excluding carboxylic acids is 2. The average molecular weight is 511 g/mol. The summed E-state index contributed by atoms with van der Waals surface area (Å²) < 4.78 is 11.6. The number of rotatable bonds is 12. The summed E-state index contributed by atoms with van der Waals surface area (Å²) in [6, 6.07) is 33.8. The Morgan fingerprint density at radius 2 is 1.32 bits per heavy atom. The Labute approximate surface area is 222 Å². The van der Waals surface area contributed by atoms with Crippen LogP contribution in [0.15, 0.2) is 115 Å². The molecule has 0 aliphatic rings. The number of nitrogens with one attached hydrogen (secondary N) is 2. The van der Waals surface area contributed by atoms with E-state index < -0.39 is 24.0 Å². The fourth-order valence-corrected chi connectivity index (χ4v) is 3.73. The van der Waals surface area contributed by atoms with E-state index in [1.807, 2.05) is 66.7 Å². The quantitative estimate of drug-likeness (QED) is 0.242. The molecule has 0 fully saturated rings. The van der Waals surface area contributed by atoms with Gasteiger partial charge < -0.3 is 25.2 Å². The van der Waals surface area contributed by atoms with Crippen molar-refractivity contribution in [2.24, 2.45) is 0 Å². The Bertz CT molecular complexity index is 1280. The van der Waals surface area contributed by atoms with Crippen molar-refractivity contribution in [1.29, 1.82) is 0 Å². The molecule has 0 aliphatic carbocycles. The number of amides is 2. The van der Waals surface area contributed by atoms with Crippen LogP contribution in [-0.2, 0) is 20.9 Å². The highest BCUT2D eigenvalue weighted by molar-refractivity contribution is 5.97. The van der Waals surface area contributed by atoms with Crippen LogP contribution in [0.25, 0.3) is 0 Å². The molecule has 0 aromatic heterocycles. The minimum atomic E-state index is -0.984. The topological polar surface area (TPSA) is 96.9 Å². The number of aliphatic hydroxyl groups excluding tert-OH is 1. The largest absolute Gasteiger partial charge is 0.457 e. The fourth-order valence-electron chi connectivity index (χ4n) is 3.73. The molecule has 0 saturated carbocycles. The van der Waals surface area contributed by atoms with Crippen LogP contribution in [0.2, 0.25) is 0 Å². The zero-order chi connectivity index (χ0) is 26.6. The van der Waals surface area contributed by atoms with Gasteiger partial charge in [0.05, 0.1) is 25.7 Å². The van der Waals surface area contributed by atoms with E-state index in [0.29, 0.717) is 29.4 Å². The number of benzene rings is 4. The van der Waals surface area contributed by atoms with Gasteiger partial charge in [0.1, 0.15) is 17.5 Å². The van der Waals surface area contributed by atoms with Crippen LogP contribution >= 0.6 is 0 Å². The van der Waals surface area contributed by atoms with Crippen molar-refractivity contribution in [2.75, 3.05) is 11.9 Å². The third-order valence-corrected chi connectivity index (χ3v) is 5.71. The van der Waals surface area contributed by atoms with E-state index in [1.54, 1.807) is 48.5 Å². The molecule has 38 heavy (non-hydrogen) atoms. The number of para-hydroxylation sites is 1. The van der Waals surface area contributed by atoms with Gasteiger partial charge >= 0.3 is 0 Å². The fraction of sp³-hybridized carbons (Fsp3) is 0.161. The van der Waals surface area contributed by atoms with Gasteiger partial charge in [-0.3, -0.25) is 9.59 Å². The number of hydrogen-bond donors (Lipinski definition) is 3. The minimum absolute atomic E-state index is 0.0386. The second-order valence-electron chi connectivity index (χ2n) is 8.68. The van der Waals surface area contributed by atoms with Gasteiger partial charge in [-0.15, -0.1) is 0 Å². The molecule has 2 amide bonds. The molecule has 0 heterocycles. The zero-order valence-corrected chi connectivity index (χ0v) is 20.8. The van der Waals surface area contributed by atoms with E-state index in [4.69, 9.17) is 9.47 Å². The maximum atomic E-state index is 13.1. The zero-order valence-electron chi connectivity index (χ0n) is 20.8. The molecule has 0 radical (unpaired) electrons. The van der Waals surface area contributed by atoms with Gasteiger partial charge in [0.2, 0.25) is 11.8 Å². The standard InChI is InChI=1S/C31H30N2O5/c34-29(24-12-6-2-7-13-24)20-30(35)33-28(22-37-21-23-10-4-1-5-11-23)31(36)32-25-16-18-27(19-17-25)38-26-14-8-3-9-15-26/h1-19,28-29,34H,20-22H2,(H,32,36)(H,33,35). The van der Waals surface area contributed by atoms with Crippen molar-refractivity contribution in [1.82, 2.24) is 5.32 Å². The van der Waals surface area contributed by atoms with Crippen molar-refractivity contribution in [3.8, 4) is 11.5 Å². The van der Waals surface area contributed by atoms with Crippen LogP contribution in [0.4, 0.5) is 5.69 Å². The van der Waals surface area contributed by atoms with Crippen LogP contribution in [0.3, 0.4) is 0 Å². The highest BCUT2D eigenvalue weighted by atomic mass is 16.5. The van der Waals surface area contributed by atoms with E-state index in [0.717, 1.165) is 5.56 Å². The molecule has 7 nitrogen and oxygen atoms in total. The first kappa shape index (κ1) is 26.6. The first-order valence-electron chi connectivity index (χ1n) is 12.3. The molecule has 0 saturated heterocycles. The highest BCUT2D eigenvalue weighted by Gasteiger charge is 2.23. The summed E-state index contributed by atoms with van der Waals surface area (Å²) in [6.45, 7) is 0.252. The Morgan fingerprint density at radius 3 is 1.97 bits per heavy atom. The summed E-state index contributed by atoms with van der Waals surface area (Å²) in [6.07, 6.45) is -1.17.